The van der Waals surface area contributed by atoms with Crippen LogP contribution in [-0.2, 0) is 4.84 Å². The van der Waals surface area contributed by atoms with Crippen molar-refractivity contribution in [2.45, 2.75) is 0 Å². The number of hydrogen-bond donors (Lipinski definition) is 1. The summed E-state index contributed by atoms with van der Waals surface area (Å²) in [5.74, 6) is 3.45. The molecule has 1 N–H and O–H groups in total. The molecule has 0 aliphatic heterocycles. The average molecular weight is 178 g/mol. The molecule has 0 radical (unpaired) electrons. The molecule has 1 aromatic rings. The molecule has 4 nitrogen and oxygen atoms in total. The molecule has 0 aliphatic carbocycles. The Balaban J connectivity index is 2.60. The van der Waals surface area contributed by atoms with E-state index in [2.05, 4.69) is 16.4 Å². The Morgan fingerprint density at radius 2 is 2.54 bits per heavy atom. The van der Waals surface area contributed by atoms with E-state index in [9.17, 15) is 0 Å². The minimum absolute atomic E-state index is 0.180. The predicted molar refractivity (Wildman–Crippen MR) is 49.2 cm³/mol. The highest BCUT2D eigenvalue weighted by Gasteiger charge is 2.00. The van der Waals surface area contributed by atoms with Gasteiger partial charge in [-0.15, -0.1) is 6.42 Å². The molecule has 0 unspecified atom stereocenters. The van der Waals surface area contributed by atoms with Crippen LogP contribution in [0.1, 0.15) is 0 Å². The number of terminal acetylenes is 1. The first-order valence-corrected chi connectivity index (χ1v) is 3.68. The lowest BCUT2D eigenvalue weighted by Crippen LogP contribution is -2.04. The molecule has 68 valence electrons. The van der Waals surface area contributed by atoms with E-state index in [0.29, 0.717) is 11.6 Å². The van der Waals surface area contributed by atoms with Crippen molar-refractivity contribution in [1.29, 1.82) is 0 Å². The number of aromatic nitrogens is 1. The second-order valence-electron chi connectivity index (χ2n) is 2.15. The maximum atomic E-state index is 5.02. The van der Waals surface area contributed by atoms with Crippen molar-refractivity contribution in [3.63, 3.8) is 0 Å². The number of ether oxygens (including phenoxy) is 1. The number of hydrogen-bond acceptors (Lipinski definition) is 4. The van der Waals surface area contributed by atoms with Crippen LogP contribution in [0, 0.1) is 12.3 Å². The van der Waals surface area contributed by atoms with Crippen LogP contribution < -0.4 is 10.2 Å². The van der Waals surface area contributed by atoms with Crippen LogP contribution in [0.15, 0.2) is 18.3 Å². The zero-order chi connectivity index (χ0) is 9.52. The summed E-state index contributed by atoms with van der Waals surface area (Å²) >= 11 is 0. The SMILES string of the molecule is C#CCONc1ncccc1OC. The number of anilines is 1. The second kappa shape index (κ2) is 5.01. The van der Waals surface area contributed by atoms with E-state index >= 15 is 0 Å². The van der Waals surface area contributed by atoms with E-state index in [1.54, 1.807) is 25.4 Å². The standard InChI is InChI=1S/C9H10N2O2/c1-3-7-13-11-9-8(12-2)5-4-6-10-9/h1,4-6H,7H2,2H3,(H,10,11). The second-order valence-corrected chi connectivity index (χ2v) is 2.15. The summed E-state index contributed by atoms with van der Waals surface area (Å²) in [4.78, 5) is 8.87. The van der Waals surface area contributed by atoms with E-state index < -0.39 is 0 Å². The van der Waals surface area contributed by atoms with Crippen molar-refractivity contribution in [1.82, 2.24) is 4.98 Å². The van der Waals surface area contributed by atoms with Gasteiger partial charge in [0.15, 0.2) is 11.6 Å². The van der Waals surface area contributed by atoms with Crippen molar-refractivity contribution in [2.24, 2.45) is 0 Å². The van der Waals surface area contributed by atoms with E-state index in [4.69, 9.17) is 16.0 Å². The summed E-state index contributed by atoms with van der Waals surface area (Å²) in [7, 11) is 1.56. The lowest BCUT2D eigenvalue weighted by molar-refractivity contribution is 0.230. The molecule has 1 heterocycles. The molecule has 0 spiro atoms. The smallest absolute Gasteiger partial charge is 0.192 e. The molecule has 0 saturated heterocycles. The highest BCUT2D eigenvalue weighted by Crippen LogP contribution is 2.19. The van der Waals surface area contributed by atoms with Gasteiger partial charge in [0.2, 0.25) is 0 Å². The molecule has 0 aromatic carbocycles. The number of pyridine rings is 1. The zero-order valence-corrected chi connectivity index (χ0v) is 7.28. The van der Waals surface area contributed by atoms with Gasteiger partial charge in [-0.25, -0.2) is 10.5 Å². The van der Waals surface area contributed by atoms with Gasteiger partial charge in [0, 0.05) is 6.20 Å². The molecule has 0 saturated carbocycles. The van der Waals surface area contributed by atoms with Gasteiger partial charge in [-0.2, -0.15) is 0 Å². The van der Waals surface area contributed by atoms with Gasteiger partial charge in [0.1, 0.15) is 6.61 Å². The van der Waals surface area contributed by atoms with E-state index in [1.165, 1.54) is 0 Å². The van der Waals surface area contributed by atoms with E-state index in [-0.39, 0.29) is 6.61 Å². The quantitative estimate of drug-likeness (QED) is 0.425. The van der Waals surface area contributed by atoms with Crippen molar-refractivity contribution in [3.8, 4) is 18.1 Å². The van der Waals surface area contributed by atoms with Crippen LogP contribution in [0.5, 0.6) is 5.75 Å². The maximum Gasteiger partial charge on any atom is 0.192 e. The molecule has 0 fully saturated rings. The predicted octanol–water partition coefficient (Wildman–Crippen LogP) is 1.07. The van der Waals surface area contributed by atoms with Gasteiger partial charge in [-0.05, 0) is 12.1 Å². The Kier molecular flexibility index (Phi) is 3.61. The Morgan fingerprint density at radius 3 is 3.23 bits per heavy atom. The fourth-order valence-electron chi connectivity index (χ4n) is 0.778. The van der Waals surface area contributed by atoms with Crippen molar-refractivity contribution < 1.29 is 9.57 Å². The molecule has 0 aliphatic rings. The van der Waals surface area contributed by atoms with Crippen LogP contribution in [0.25, 0.3) is 0 Å². The third-order valence-corrected chi connectivity index (χ3v) is 1.31. The van der Waals surface area contributed by atoms with Crippen LogP contribution in [0.4, 0.5) is 5.82 Å². The molecule has 13 heavy (non-hydrogen) atoms. The summed E-state index contributed by atoms with van der Waals surface area (Å²) in [6.07, 6.45) is 6.63. The number of methoxy groups -OCH3 is 1. The Hall–Kier alpha value is -1.73. The van der Waals surface area contributed by atoms with Crippen LogP contribution >= 0.6 is 0 Å². The zero-order valence-electron chi connectivity index (χ0n) is 7.28. The number of rotatable bonds is 4. The topological polar surface area (TPSA) is 43.4 Å². The molecular weight excluding hydrogens is 168 g/mol. The van der Waals surface area contributed by atoms with Gasteiger partial charge < -0.3 is 4.74 Å². The molecule has 0 bridgehead atoms. The Labute approximate surface area is 76.8 Å². The maximum absolute atomic E-state index is 5.02. The number of nitrogens with one attached hydrogen (secondary N) is 1. The lowest BCUT2D eigenvalue weighted by atomic mass is 10.4. The van der Waals surface area contributed by atoms with Crippen molar-refractivity contribution in [2.75, 3.05) is 19.2 Å². The van der Waals surface area contributed by atoms with Gasteiger partial charge in [-0.3, -0.25) is 4.84 Å². The molecule has 4 heteroatoms. The minimum atomic E-state index is 0.180. The van der Waals surface area contributed by atoms with Crippen molar-refractivity contribution >= 4 is 5.82 Å². The Bertz CT molecular complexity index is 307. The molecule has 0 amide bonds. The minimum Gasteiger partial charge on any atom is -0.493 e. The van der Waals surface area contributed by atoms with E-state index in [0.717, 1.165) is 0 Å². The first kappa shape index (κ1) is 9.36. The highest BCUT2D eigenvalue weighted by molar-refractivity contribution is 5.47. The van der Waals surface area contributed by atoms with Gasteiger partial charge in [0.05, 0.1) is 7.11 Å². The van der Waals surface area contributed by atoms with Gasteiger partial charge in [-0.1, -0.05) is 5.92 Å². The first-order chi connectivity index (χ1) is 6.38. The molecule has 1 aromatic heterocycles. The van der Waals surface area contributed by atoms with Crippen LogP contribution in [-0.4, -0.2) is 18.7 Å². The first-order valence-electron chi connectivity index (χ1n) is 3.68. The Morgan fingerprint density at radius 1 is 1.69 bits per heavy atom. The monoisotopic (exact) mass is 178 g/mol. The third-order valence-electron chi connectivity index (χ3n) is 1.31. The molecular formula is C9H10N2O2. The summed E-state index contributed by atoms with van der Waals surface area (Å²) in [5.41, 5.74) is 2.59. The molecule has 0 atom stereocenters. The largest absolute Gasteiger partial charge is 0.493 e. The van der Waals surface area contributed by atoms with Crippen molar-refractivity contribution in [3.05, 3.63) is 18.3 Å². The summed E-state index contributed by atoms with van der Waals surface area (Å²) in [5, 5.41) is 0. The number of nitrogens with zero attached hydrogens (tertiary/aromatic N) is 1. The fourth-order valence-corrected chi connectivity index (χ4v) is 0.778. The molecule has 1 rings (SSSR count). The van der Waals surface area contributed by atoms with Crippen LogP contribution in [0.3, 0.4) is 0 Å². The van der Waals surface area contributed by atoms with Gasteiger partial charge >= 0.3 is 0 Å². The van der Waals surface area contributed by atoms with Crippen LogP contribution in [0.2, 0.25) is 0 Å². The van der Waals surface area contributed by atoms with E-state index in [1.807, 2.05) is 0 Å². The average Bonchev–Trinajstić information content (AvgIpc) is 2.19. The third kappa shape index (κ3) is 2.65. The lowest BCUT2D eigenvalue weighted by Gasteiger charge is -2.07. The summed E-state index contributed by atoms with van der Waals surface area (Å²) in [6.45, 7) is 0.180. The normalized spacial score (nSPS) is 8.92. The summed E-state index contributed by atoms with van der Waals surface area (Å²) in [6, 6.07) is 3.54. The fraction of sp³-hybridized carbons (Fsp3) is 0.222. The highest BCUT2D eigenvalue weighted by atomic mass is 16.6. The van der Waals surface area contributed by atoms with Gasteiger partial charge in [0.25, 0.3) is 0 Å². The summed E-state index contributed by atoms with van der Waals surface area (Å²) < 4.78 is 5.02.